The minimum Gasteiger partial charge on any atom is -0.368 e. The Hall–Kier alpha value is -1.80. The first-order chi connectivity index (χ1) is 15.0. The first-order valence-electron chi connectivity index (χ1n) is 10.4. The highest BCUT2D eigenvalue weighted by molar-refractivity contribution is 9.10. The van der Waals surface area contributed by atoms with Crippen molar-refractivity contribution in [3.8, 4) is 0 Å². The maximum Gasteiger partial charge on any atom is 0.271 e. The molecule has 4 rings (SSSR count). The summed E-state index contributed by atoms with van der Waals surface area (Å²) in [7, 11) is 0. The highest BCUT2D eigenvalue weighted by Gasteiger charge is 2.19. The van der Waals surface area contributed by atoms with Crippen LogP contribution in [0.5, 0.6) is 0 Å². The number of fused-ring (bicyclic) bond motifs is 1. The molecule has 0 radical (unpaired) electrons. The van der Waals surface area contributed by atoms with Crippen molar-refractivity contribution >= 4 is 56.2 Å². The van der Waals surface area contributed by atoms with Crippen molar-refractivity contribution in [2.45, 2.75) is 12.8 Å². The Bertz CT molecular complexity index is 1070. The molecular weight excluding hydrogens is 501 g/mol. The third kappa shape index (κ3) is 5.52. The predicted octanol–water partition coefficient (Wildman–Crippen LogP) is 4.74. The number of carbonyl (C=O) groups is 1. The van der Waals surface area contributed by atoms with Crippen molar-refractivity contribution in [2.75, 3.05) is 44.2 Å². The number of amides is 1. The number of anilines is 1. The number of carbonyl (C=O) groups excluding carboxylic acids is 1. The zero-order chi connectivity index (χ0) is 21.8. The van der Waals surface area contributed by atoms with Gasteiger partial charge in [-0.1, -0.05) is 29.3 Å². The molecule has 0 unspecified atom stereocenters. The van der Waals surface area contributed by atoms with Gasteiger partial charge in [-0.15, -0.1) is 0 Å². The summed E-state index contributed by atoms with van der Waals surface area (Å²) < 4.78 is 2.63. The number of nitrogens with zero attached hydrogens (tertiary/aromatic N) is 4. The van der Waals surface area contributed by atoms with Crippen LogP contribution in [-0.2, 0) is 0 Å². The Balaban J connectivity index is 1.16. The molecule has 0 bridgehead atoms. The molecule has 1 fully saturated rings. The SMILES string of the molecule is O=C(NCCCCN1CCN(c2cccc(Cl)c2Cl)CC1)c1cc2ccc(Br)cn2n1. The number of pyridine rings is 1. The van der Waals surface area contributed by atoms with E-state index >= 15 is 0 Å². The maximum atomic E-state index is 12.4. The second-order valence-corrected chi connectivity index (χ2v) is 9.31. The Morgan fingerprint density at radius 3 is 2.71 bits per heavy atom. The Labute approximate surface area is 200 Å². The molecule has 1 saturated heterocycles. The molecule has 1 aliphatic rings. The number of nitrogens with one attached hydrogen (secondary N) is 1. The monoisotopic (exact) mass is 523 g/mol. The highest BCUT2D eigenvalue weighted by Crippen LogP contribution is 2.32. The lowest BCUT2D eigenvalue weighted by molar-refractivity contribution is 0.0947. The number of hydrogen-bond acceptors (Lipinski definition) is 4. The van der Waals surface area contributed by atoms with Crippen molar-refractivity contribution in [3.05, 3.63) is 62.8 Å². The average molecular weight is 525 g/mol. The van der Waals surface area contributed by atoms with Crippen LogP contribution in [0.25, 0.3) is 5.52 Å². The van der Waals surface area contributed by atoms with E-state index in [9.17, 15) is 4.79 Å². The molecule has 3 heterocycles. The van der Waals surface area contributed by atoms with Crippen LogP contribution < -0.4 is 10.2 Å². The van der Waals surface area contributed by atoms with Crippen molar-refractivity contribution in [1.29, 1.82) is 0 Å². The topological polar surface area (TPSA) is 52.9 Å². The van der Waals surface area contributed by atoms with Crippen LogP contribution in [0.1, 0.15) is 23.3 Å². The Morgan fingerprint density at radius 1 is 1.10 bits per heavy atom. The molecule has 2 aromatic heterocycles. The van der Waals surface area contributed by atoms with Gasteiger partial charge in [0.1, 0.15) is 0 Å². The van der Waals surface area contributed by atoms with Crippen LogP contribution >= 0.6 is 39.1 Å². The second-order valence-electron chi connectivity index (χ2n) is 7.61. The fraction of sp³-hybridized carbons (Fsp3) is 0.364. The molecule has 6 nitrogen and oxygen atoms in total. The van der Waals surface area contributed by atoms with Gasteiger partial charge >= 0.3 is 0 Å². The van der Waals surface area contributed by atoms with E-state index in [4.69, 9.17) is 23.2 Å². The van der Waals surface area contributed by atoms with E-state index in [1.807, 2.05) is 36.5 Å². The lowest BCUT2D eigenvalue weighted by Gasteiger charge is -2.36. The summed E-state index contributed by atoms with van der Waals surface area (Å²) in [5.74, 6) is -0.133. The zero-order valence-corrected chi connectivity index (χ0v) is 20.1. The van der Waals surface area contributed by atoms with Gasteiger partial charge in [-0.05, 0) is 65.6 Å². The molecule has 1 amide bonds. The van der Waals surface area contributed by atoms with Crippen molar-refractivity contribution < 1.29 is 4.79 Å². The van der Waals surface area contributed by atoms with E-state index in [0.717, 1.165) is 61.2 Å². The van der Waals surface area contributed by atoms with Gasteiger partial charge in [0.25, 0.3) is 5.91 Å². The van der Waals surface area contributed by atoms with E-state index in [1.54, 1.807) is 10.6 Å². The molecule has 0 spiro atoms. The van der Waals surface area contributed by atoms with E-state index in [1.165, 1.54) is 0 Å². The fourth-order valence-electron chi connectivity index (χ4n) is 3.77. The van der Waals surface area contributed by atoms with Crippen LogP contribution in [0.15, 0.2) is 47.1 Å². The summed E-state index contributed by atoms with van der Waals surface area (Å²) in [6.45, 7) is 5.52. The molecule has 1 aliphatic heterocycles. The Morgan fingerprint density at radius 2 is 1.90 bits per heavy atom. The molecule has 3 aromatic rings. The smallest absolute Gasteiger partial charge is 0.271 e. The standard InChI is InChI=1S/C22H24BrCl2N5O/c23-16-6-7-17-14-19(27-30(17)15-16)22(31)26-8-1-2-9-28-10-12-29(13-11-28)20-5-3-4-18(24)21(20)25/h3-7,14-15H,1-2,8-13H2,(H,26,31). The summed E-state index contributed by atoms with van der Waals surface area (Å²) >= 11 is 15.9. The van der Waals surface area contributed by atoms with Crippen molar-refractivity contribution in [3.63, 3.8) is 0 Å². The molecule has 0 atom stereocenters. The lowest BCUT2D eigenvalue weighted by atomic mass is 10.2. The van der Waals surface area contributed by atoms with Crippen LogP contribution in [0.2, 0.25) is 10.0 Å². The predicted molar refractivity (Wildman–Crippen MR) is 130 cm³/mol. The number of piperazine rings is 1. The van der Waals surface area contributed by atoms with Crippen LogP contribution in [0.4, 0.5) is 5.69 Å². The van der Waals surface area contributed by atoms with Gasteiger partial charge < -0.3 is 10.2 Å². The molecule has 164 valence electrons. The number of rotatable bonds is 7. The largest absolute Gasteiger partial charge is 0.368 e. The van der Waals surface area contributed by atoms with Gasteiger partial charge in [0.05, 0.1) is 21.2 Å². The molecule has 0 saturated carbocycles. The quantitative estimate of drug-likeness (QED) is 0.454. The van der Waals surface area contributed by atoms with Crippen molar-refractivity contribution in [1.82, 2.24) is 19.8 Å². The number of hydrogen-bond donors (Lipinski definition) is 1. The Kier molecular flexibility index (Phi) is 7.38. The minimum absolute atomic E-state index is 0.133. The van der Waals surface area contributed by atoms with Crippen molar-refractivity contribution in [2.24, 2.45) is 0 Å². The van der Waals surface area contributed by atoms with Gasteiger partial charge in [0, 0.05) is 43.4 Å². The first-order valence-corrected chi connectivity index (χ1v) is 11.9. The highest BCUT2D eigenvalue weighted by atomic mass is 79.9. The lowest BCUT2D eigenvalue weighted by Crippen LogP contribution is -2.46. The zero-order valence-electron chi connectivity index (χ0n) is 17.0. The van der Waals surface area contributed by atoms with Crippen LogP contribution in [-0.4, -0.2) is 59.7 Å². The summed E-state index contributed by atoms with van der Waals surface area (Å²) in [4.78, 5) is 17.1. The number of halogens is 3. The van der Waals surface area contributed by atoms with E-state index < -0.39 is 0 Å². The van der Waals surface area contributed by atoms with E-state index in [-0.39, 0.29) is 5.91 Å². The third-order valence-electron chi connectivity index (χ3n) is 5.49. The molecule has 1 aromatic carbocycles. The van der Waals surface area contributed by atoms with Gasteiger partial charge in [-0.2, -0.15) is 5.10 Å². The summed E-state index contributed by atoms with van der Waals surface area (Å²) in [6.07, 6.45) is 3.81. The molecule has 31 heavy (non-hydrogen) atoms. The van der Waals surface area contributed by atoms with Crippen LogP contribution in [0.3, 0.4) is 0 Å². The summed E-state index contributed by atoms with van der Waals surface area (Å²) in [6, 6.07) is 11.4. The normalized spacial score (nSPS) is 14.9. The molecule has 1 N–H and O–H groups in total. The third-order valence-corrected chi connectivity index (χ3v) is 6.77. The fourth-order valence-corrected chi connectivity index (χ4v) is 4.52. The second kappa shape index (κ2) is 10.2. The van der Waals surface area contributed by atoms with Gasteiger partial charge in [0.15, 0.2) is 5.69 Å². The van der Waals surface area contributed by atoms with Gasteiger partial charge in [-0.25, -0.2) is 4.52 Å². The van der Waals surface area contributed by atoms with E-state index in [0.29, 0.717) is 22.3 Å². The molecular formula is C22H24BrCl2N5O. The van der Waals surface area contributed by atoms with Gasteiger partial charge in [-0.3, -0.25) is 9.69 Å². The van der Waals surface area contributed by atoms with Gasteiger partial charge in [0.2, 0.25) is 0 Å². The number of benzene rings is 1. The van der Waals surface area contributed by atoms with Crippen LogP contribution in [0, 0.1) is 0 Å². The number of aromatic nitrogens is 2. The molecule has 0 aliphatic carbocycles. The molecule has 9 heteroatoms. The summed E-state index contributed by atoms with van der Waals surface area (Å²) in [5.41, 5.74) is 2.34. The van der Waals surface area contributed by atoms with E-state index in [2.05, 4.69) is 36.1 Å². The summed E-state index contributed by atoms with van der Waals surface area (Å²) in [5, 5.41) is 8.53. The first kappa shape index (κ1) is 22.4. The minimum atomic E-state index is -0.133. The maximum absolute atomic E-state index is 12.4. The average Bonchev–Trinajstić information content (AvgIpc) is 3.19. The number of unbranched alkanes of at least 4 members (excludes halogenated alkanes) is 1.